The van der Waals surface area contributed by atoms with Crippen molar-refractivity contribution < 1.29 is 4.79 Å². The zero-order chi connectivity index (χ0) is 15.2. The van der Waals surface area contributed by atoms with Crippen LogP contribution in [-0.4, -0.2) is 28.3 Å². The van der Waals surface area contributed by atoms with Crippen LogP contribution in [0.5, 0.6) is 0 Å². The van der Waals surface area contributed by atoms with E-state index in [1.54, 1.807) is 6.20 Å². The molecule has 21 heavy (non-hydrogen) atoms. The van der Waals surface area contributed by atoms with Gasteiger partial charge in [-0.1, -0.05) is 26.2 Å². The number of hydrogen-bond donors (Lipinski definition) is 2. The van der Waals surface area contributed by atoms with Crippen LogP contribution in [-0.2, 0) is 6.54 Å². The lowest BCUT2D eigenvalue weighted by atomic mass is 9.83. The Hall–Kier alpha value is -1.36. The predicted octanol–water partition coefficient (Wildman–Crippen LogP) is 2.24. The minimum atomic E-state index is 0.0249. The average molecular weight is 292 g/mol. The van der Waals surface area contributed by atoms with Crippen LogP contribution in [0.15, 0.2) is 6.20 Å². The quantitative estimate of drug-likeness (QED) is 0.844. The predicted molar refractivity (Wildman–Crippen MR) is 84.1 cm³/mol. The highest BCUT2D eigenvalue weighted by Gasteiger charge is 2.26. The fraction of sp³-hybridized carbons (Fsp3) is 0.750. The van der Waals surface area contributed by atoms with Crippen LogP contribution >= 0.6 is 0 Å². The number of amides is 1. The van der Waals surface area contributed by atoms with Gasteiger partial charge in [-0.3, -0.25) is 9.48 Å². The topological polar surface area (TPSA) is 72.9 Å². The number of rotatable bonds is 6. The van der Waals surface area contributed by atoms with E-state index in [4.69, 9.17) is 5.73 Å². The Morgan fingerprint density at radius 3 is 2.95 bits per heavy atom. The summed E-state index contributed by atoms with van der Waals surface area (Å²) < 4.78 is 1.87. The van der Waals surface area contributed by atoms with Crippen molar-refractivity contribution in [3.05, 3.63) is 17.5 Å². The second-order valence-corrected chi connectivity index (χ2v) is 6.04. The van der Waals surface area contributed by atoms with Gasteiger partial charge in [0.1, 0.15) is 0 Å². The summed E-state index contributed by atoms with van der Waals surface area (Å²) in [6.45, 7) is 5.58. The molecule has 3 N–H and O–H groups in total. The van der Waals surface area contributed by atoms with Crippen LogP contribution in [0.25, 0.3) is 0 Å². The number of carbonyl (C=O) groups is 1. The third-order valence-corrected chi connectivity index (χ3v) is 4.67. The van der Waals surface area contributed by atoms with Crippen molar-refractivity contribution in [1.82, 2.24) is 15.1 Å². The molecule has 118 valence electrons. The van der Waals surface area contributed by atoms with Crippen molar-refractivity contribution in [2.24, 2.45) is 11.7 Å². The van der Waals surface area contributed by atoms with Gasteiger partial charge in [-0.05, 0) is 38.6 Å². The summed E-state index contributed by atoms with van der Waals surface area (Å²) in [4.78, 5) is 12.5. The summed E-state index contributed by atoms with van der Waals surface area (Å²) in [5, 5.41) is 7.54. The number of nitrogens with one attached hydrogen (secondary N) is 1. The lowest BCUT2D eigenvalue weighted by molar-refractivity contribution is 0.0904. The maximum absolute atomic E-state index is 12.5. The third-order valence-electron chi connectivity index (χ3n) is 4.67. The minimum Gasteiger partial charge on any atom is -0.349 e. The Bertz CT molecular complexity index is 469. The van der Waals surface area contributed by atoms with Crippen molar-refractivity contribution in [2.45, 2.75) is 65.0 Å². The smallest absolute Gasteiger partial charge is 0.254 e. The van der Waals surface area contributed by atoms with Crippen LogP contribution in [0.3, 0.4) is 0 Å². The van der Waals surface area contributed by atoms with Gasteiger partial charge in [-0.2, -0.15) is 5.10 Å². The van der Waals surface area contributed by atoms with Gasteiger partial charge in [0.15, 0.2) is 0 Å². The maximum atomic E-state index is 12.5. The van der Waals surface area contributed by atoms with E-state index in [0.29, 0.717) is 24.1 Å². The number of aromatic nitrogens is 2. The zero-order valence-corrected chi connectivity index (χ0v) is 13.3. The summed E-state index contributed by atoms with van der Waals surface area (Å²) in [6, 6.07) is 0.322. The number of nitrogens with zero attached hydrogens (tertiary/aromatic N) is 2. The highest BCUT2D eigenvalue weighted by atomic mass is 16.1. The molecule has 1 fully saturated rings. The van der Waals surface area contributed by atoms with Crippen molar-refractivity contribution in [1.29, 1.82) is 0 Å². The van der Waals surface area contributed by atoms with E-state index in [-0.39, 0.29) is 5.91 Å². The van der Waals surface area contributed by atoms with Gasteiger partial charge >= 0.3 is 0 Å². The number of aryl methyl sites for hydroxylation is 1. The first-order chi connectivity index (χ1) is 10.2. The van der Waals surface area contributed by atoms with Crippen LogP contribution in [0.2, 0.25) is 0 Å². The molecule has 2 unspecified atom stereocenters. The standard InChI is InChI=1S/C16H28N4O/c1-3-13-7-4-5-8-15(13)19-16(21)14-11-18-20(12(14)2)10-6-9-17/h11,13,15H,3-10,17H2,1-2H3,(H,19,21). The first-order valence-corrected chi connectivity index (χ1v) is 8.20. The van der Waals surface area contributed by atoms with Crippen LogP contribution in [0.1, 0.15) is 61.5 Å². The van der Waals surface area contributed by atoms with E-state index in [9.17, 15) is 4.79 Å². The van der Waals surface area contributed by atoms with Gasteiger partial charge in [0.25, 0.3) is 5.91 Å². The fourth-order valence-corrected chi connectivity index (χ4v) is 3.27. The monoisotopic (exact) mass is 292 g/mol. The summed E-state index contributed by atoms with van der Waals surface area (Å²) in [5.41, 5.74) is 7.16. The van der Waals surface area contributed by atoms with Gasteiger partial charge in [0.05, 0.1) is 11.8 Å². The molecule has 1 aromatic rings. The van der Waals surface area contributed by atoms with E-state index in [1.807, 2.05) is 11.6 Å². The molecule has 0 radical (unpaired) electrons. The molecule has 0 aliphatic heterocycles. The summed E-state index contributed by atoms with van der Waals surface area (Å²) >= 11 is 0. The van der Waals surface area contributed by atoms with Crippen LogP contribution in [0, 0.1) is 12.8 Å². The van der Waals surface area contributed by atoms with Crippen molar-refractivity contribution in [3.63, 3.8) is 0 Å². The molecule has 1 aliphatic carbocycles. The lowest BCUT2D eigenvalue weighted by Crippen LogP contribution is -2.42. The molecule has 1 aliphatic rings. The number of hydrogen-bond acceptors (Lipinski definition) is 3. The molecule has 5 heteroatoms. The van der Waals surface area contributed by atoms with Crippen molar-refractivity contribution in [3.8, 4) is 0 Å². The molecular weight excluding hydrogens is 264 g/mol. The van der Waals surface area contributed by atoms with Gasteiger partial charge in [-0.25, -0.2) is 0 Å². The summed E-state index contributed by atoms with van der Waals surface area (Å²) in [5.74, 6) is 0.645. The molecule has 0 aromatic carbocycles. The molecule has 1 heterocycles. The molecule has 0 spiro atoms. The fourth-order valence-electron chi connectivity index (χ4n) is 3.27. The second-order valence-electron chi connectivity index (χ2n) is 6.04. The first-order valence-electron chi connectivity index (χ1n) is 8.20. The number of nitrogens with two attached hydrogens (primary N) is 1. The second kappa shape index (κ2) is 7.59. The Morgan fingerprint density at radius 1 is 1.48 bits per heavy atom. The largest absolute Gasteiger partial charge is 0.349 e. The van der Waals surface area contributed by atoms with E-state index >= 15 is 0 Å². The Kier molecular flexibility index (Phi) is 5.79. The van der Waals surface area contributed by atoms with Gasteiger partial charge in [0, 0.05) is 18.3 Å². The van der Waals surface area contributed by atoms with E-state index < -0.39 is 0 Å². The Labute approximate surface area is 127 Å². The average Bonchev–Trinajstić information content (AvgIpc) is 2.86. The molecule has 5 nitrogen and oxygen atoms in total. The van der Waals surface area contributed by atoms with E-state index in [0.717, 1.165) is 31.5 Å². The number of carbonyl (C=O) groups excluding carboxylic acids is 1. The first kappa shape index (κ1) is 16.0. The molecule has 0 bridgehead atoms. The van der Waals surface area contributed by atoms with E-state index in [2.05, 4.69) is 17.3 Å². The van der Waals surface area contributed by atoms with Crippen LogP contribution < -0.4 is 11.1 Å². The molecule has 1 amide bonds. The molecule has 1 saturated carbocycles. The molecule has 2 rings (SSSR count). The molecular formula is C16H28N4O. The molecule has 2 atom stereocenters. The highest BCUT2D eigenvalue weighted by molar-refractivity contribution is 5.95. The van der Waals surface area contributed by atoms with Crippen molar-refractivity contribution in [2.75, 3.05) is 6.54 Å². The van der Waals surface area contributed by atoms with Crippen molar-refractivity contribution >= 4 is 5.91 Å². The summed E-state index contributed by atoms with van der Waals surface area (Å²) in [6.07, 6.45) is 8.55. The Morgan fingerprint density at radius 2 is 2.24 bits per heavy atom. The molecule has 1 aromatic heterocycles. The SMILES string of the molecule is CCC1CCCCC1NC(=O)c1cnn(CCCN)c1C. The maximum Gasteiger partial charge on any atom is 0.254 e. The Balaban J connectivity index is 2.01. The van der Waals surface area contributed by atoms with Gasteiger partial charge in [0.2, 0.25) is 0 Å². The van der Waals surface area contributed by atoms with Gasteiger partial charge < -0.3 is 11.1 Å². The zero-order valence-electron chi connectivity index (χ0n) is 13.3. The van der Waals surface area contributed by atoms with Gasteiger partial charge in [-0.15, -0.1) is 0 Å². The third kappa shape index (κ3) is 3.84. The highest BCUT2D eigenvalue weighted by Crippen LogP contribution is 2.27. The molecule has 0 saturated heterocycles. The minimum absolute atomic E-state index is 0.0249. The summed E-state index contributed by atoms with van der Waals surface area (Å²) in [7, 11) is 0. The van der Waals surface area contributed by atoms with E-state index in [1.165, 1.54) is 19.3 Å². The lowest BCUT2D eigenvalue weighted by Gasteiger charge is -2.31. The normalized spacial score (nSPS) is 22.2. The van der Waals surface area contributed by atoms with Crippen LogP contribution in [0.4, 0.5) is 0 Å².